The molecule has 9 heteroatoms. The molecule has 0 aliphatic heterocycles. The molecule has 1 aromatic heterocycles. The molecule has 22 heavy (non-hydrogen) atoms. The Morgan fingerprint density at radius 3 is 2.77 bits per heavy atom. The first-order chi connectivity index (χ1) is 10.4. The Labute approximate surface area is 123 Å². The molecule has 0 spiro atoms. The molecule has 1 aliphatic carbocycles. The second-order valence-corrected chi connectivity index (χ2v) is 5.23. The fourth-order valence-corrected chi connectivity index (χ4v) is 2.27. The van der Waals surface area contributed by atoms with E-state index in [1.165, 1.54) is 12.1 Å². The van der Waals surface area contributed by atoms with Crippen molar-refractivity contribution in [1.82, 2.24) is 20.6 Å². The fraction of sp³-hybridized carbons (Fsp3) is 0.385. The predicted octanol–water partition coefficient (Wildman–Crippen LogP) is 1.36. The number of hydrogen-bond donors (Lipinski definition) is 3. The average molecular weight is 309 g/mol. The number of carbonyl (C=O) groups excluding carboxylic acids is 1. The third-order valence-corrected chi connectivity index (χ3v) is 3.77. The van der Waals surface area contributed by atoms with Crippen molar-refractivity contribution in [3.8, 4) is 11.4 Å². The van der Waals surface area contributed by atoms with Crippen molar-refractivity contribution in [2.45, 2.75) is 30.8 Å². The summed E-state index contributed by atoms with van der Waals surface area (Å²) in [4.78, 5) is 11.8. The van der Waals surface area contributed by atoms with E-state index in [0.29, 0.717) is 12.0 Å². The summed E-state index contributed by atoms with van der Waals surface area (Å²) in [7, 11) is 0. The number of aliphatic hydroxyl groups is 1. The molecule has 1 saturated carbocycles. The second-order valence-electron chi connectivity index (χ2n) is 5.23. The van der Waals surface area contributed by atoms with Gasteiger partial charge in [-0.3, -0.25) is 4.79 Å². The number of H-pyrrole nitrogens is 1. The molecule has 3 rings (SSSR count). The van der Waals surface area contributed by atoms with E-state index in [-0.39, 0.29) is 24.4 Å². The van der Waals surface area contributed by atoms with Crippen LogP contribution in [-0.2, 0) is 4.79 Å². The van der Waals surface area contributed by atoms with Crippen molar-refractivity contribution >= 4 is 11.6 Å². The third kappa shape index (κ3) is 2.33. The highest BCUT2D eigenvalue weighted by Crippen LogP contribution is 2.44. The highest BCUT2D eigenvalue weighted by molar-refractivity contribution is 5.97. The van der Waals surface area contributed by atoms with Crippen LogP contribution in [0.4, 0.5) is 14.5 Å². The van der Waals surface area contributed by atoms with Gasteiger partial charge in [0.2, 0.25) is 5.82 Å². The van der Waals surface area contributed by atoms with Crippen molar-refractivity contribution in [1.29, 1.82) is 0 Å². The topological polar surface area (TPSA) is 104 Å². The Bertz CT molecular complexity index is 685. The third-order valence-electron chi connectivity index (χ3n) is 3.77. The zero-order chi connectivity index (χ0) is 15.8. The molecule has 0 radical (unpaired) electrons. The molecule has 2 aromatic rings. The van der Waals surface area contributed by atoms with Crippen LogP contribution >= 0.6 is 0 Å². The predicted molar refractivity (Wildman–Crippen MR) is 72.0 cm³/mol. The highest BCUT2D eigenvalue weighted by atomic mass is 19.3. The number of aromatic nitrogens is 4. The number of rotatable bonds is 4. The number of halogens is 2. The van der Waals surface area contributed by atoms with Gasteiger partial charge in [0.15, 0.2) is 0 Å². The number of tetrazole rings is 1. The maximum atomic E-state index is 14.0. The first kappa shape index (κ1) is 14.5. The van der Waals surface area contributed by atoms with E-state index >= 15 is 0 Å². The zero-order valence-electron chi connectivity index (χ0n) is 11.4. The van der Waals surface area contributed by atoms with Gasteiger partial charge in [-0.25, -0.2) is 0 Å². The van der Waals surface area contributed by atoms with Gasteiger partial charge >= 0.3 is 5.92 Å². The van der Waals surface area contributed by atoms with Crippen LogP contribution in [0.3, 0.4) is 0 Å². The largest absolute Gasteiger partial charge is 0.383 e. The minimum atomic E-state index is -3.84. The monoisotopic (exact) mass is 309 g/mol. The summed E-state index contributed by atoms with van der Waals surface area (Å²) in [6.45, 7) is 0. The Morgan fingerprint density at radius 2 is 2.18 bits per heavy atom. The molecule has 0 unspecified atom stereocenters. The van der Waals surface area contributed by atoms with Gasteiger partial charge in [-0.05, 0) is 36.6 Å². The molecule has 1 aromatic carbocycles. The first-order valence-electron chi connectivity index (χ1n) is 6.68. The van der Waals surface area contributed by atoms with Gasteiger partial charge in [-0.1, -0.05) is 12.1 Å². The quantitative estimate of drug-likeness (QED) is 0.791. The highest BCUT2D eigenvalue weighted by Gasteiger charge is 2.61. The van der Waals surface area contributed by atoms with E-state index < -0.39 is 17.4 Å². The standard InChI is InChI=1S/C13H13F2N5O2/c14-13(15,12(22)5-2-6-12)11(21)16-9-4-1-3-8(7-9)10-17-19-20-18-10/h1,3-4,7,22H,2,5-6H2,(H,16,21)(H,17,18,19,20). The summed E-state index contributed by atoms with van der Waals surface area (Å²) in [5, 5.41) is 25.1. The molecule has 7 nitrogen and oxygen atoms in total. The van der Waals surface area contributed by atoms with Crippen LogP contribution in [0, 0.1) is 0 Å². The van der Waals surface area contributed by atoms with Gasteiger partial charge in [-0.15, -0.1) is 10.2 Å². The van der Waals surface area contributed by atoms with E-state index in [1.807, 2.05) is 0 Å². The van der Waals surface area contributed by atoms with Crippen molar-refractivity contribution in [3.05, 3.63) is 24.3 Å². The number of nitrogens with zero attached hydrogens (tertiary/aromatic N) is 3. The van der Waals surface area contributed by atoms with E-state index in [1.54, 1.807) is 12.1 Å². The number of alkyl halides is 2. The Morgan fingerprint density at radius 1 is 1.41 bits per heavy atom. The summed E-state index contributed by atoms with van der Waals surface area (Å²) in [5.74, 6) is -5.09. The van der Waals surface area contributed by atoms with Crippen LogP contribution in [0.25, 0.3) is 11.4 Å². The molecular weight excluding hydrogens is 296 g/mol. The van der Waals surface area contributed by atoms with E-state index in [0.717, 1.165) is 0 Å². The molecular formula is C13H13F2N5O2. The number of benzene rings is 1. The van der Waals surface area contributed by atoms with E-state index in [9.17, 15) is 18.7 Å². The molecule has 1 aliphatic rings. The summed E-state index contributed by atoms with van der Waals surface area (Å²) in [5.41, 5.74) is -1.57. The molecule has 1 heterocycles. The van der Waals surface area contributed by atoms with Crippen LogP contribution in [0.2, 0.25) is 0 Å². The van der Waals surface area contributed by atoms with Crippen molar-refractivity contribution in [2.24, 2.45) is 0 Å². The first-order valence-corrected chi connectivity index (χ1v) is 6.68. The SMILES string of the molecule is O=C(Nc1cccc(-c2nn[nH]n2)c1)C(F)(F)C1(O)CCC1. The summed E-state index contributed by atoms with van der Waals surface area (Å²) in [6.07, 6.45) is 0.305. The Balaban J connectivity index is 1.78. The Kier molecular flexibility index (Phi) is 3.36. The summed E-state index contributed by atoms with van der Waals surface area (Å²) in [6, 6.07) is 6.13. The Hall–Kier alpha value is -2.42. The van der Waals surface area contributed by atoms with Crippen LogP contribution < -0.4 is 5.32 Å². The number of carbonyl (C=O) groups is 1. The van der Waals surface area contributed by atoms with Crippen molar-refractivity contribution in [3.63, 3.8) is 0 Å². The normalized spacial score (nSPS) is 16.9. The van der Waals surface area contributed by atoms with Crippen molar-refractivity contribution < 1.29 is 18.7 Å². The fourth-order valence-electron chi connectivity index (χ4n) is 2.27. The molecule has 0 bridgehead atoms. The van der Waals surface area contributed by atoms with Crippen LogP contribution in [0.1, 0.15) is 19.3 Å². The summed E-state index contributed by atoms with van der Waals surface area (Å²) < 4.78 is 28.0. The van der Waals surface area contributed by atoms with Gasteiger partial charge in [0.1, 0.15) is 5.60 Å². The average Bonchev–Trinajstić information content (AvgIpc) is 2.99. The van der Waals surface area contributed by atoms with E-state index in [4.69, 9.17) is 0 Å². The van der Waals surface area contributed by atoms with Crippen molar-refractivity contribution in [2.75, 3.05) is 5.32 Å². The van der Waals surface area contributed by atoms with E-state index in [2.05, 4.69) is 25.9 Å². The number of nitrogens with one attached hydrogen (secondary N) is 2. The lowest BCUT2D eigenvalue weighted by molar-refractivity contribution is -0.212. The number of aromatic amines is 1. The smallest absolute Gasteiger partial charge is 0.352 e. The molecule has 1 amide bonds. The van der Waals surface area contributed by atoms with Gasteiger partial charge in [0, 0.05) is 11.3 Å². The lowest BCUT2D eigenvalue weighted by Crippen LogP contribution is -2.59. The van der Waals surface area contributed by atoms with Gasteiger partial charge in [-0.2, -0.15) is 14.0 Å². The van der Waals surface area contributed by atoms with Gasteiger partial charge in [0.25, 0.3) is 5.91 Å². The minimum Gasteiger partial charge on any atom is -0.383 e. The molecule has 1 fully saturated rings. The maximum absolute atomic E-state index is 14.0. The minimum absolute atomic E-state index is 0.0870. The number of amides is 1. The van der Waals surface area contributed by atoms with Crippen LogP contribution in [0.15, 0.2) is 24.3 Å². The molecule has 0 atom stereocenters. The number of anilines is 1. The maximum Gasteiger partial charge on any atom is 0.352 e. The number of hydrogen-bond acceptors (Lipinski definition) is 5. The molecule has 116 valence electrons. The summed E-state index contributed by atoms with van der Waals surface area (Å²) >= 11 is 0. The van der Waals surface area contributed by atoms with Crippen LogP contribution in [0.5, 0.6) is 0 Å². The van der Waals surface area contributed by atoms with Crippen LogP contribution in [-0.4, -0.2) is 43.2 Å². The lowest BCUT2D eigenvalue weighted by Gasteiger charge is -2.41. The van der Waals surface area contributed by atoms with Gasteiger partial charge < -0.3 is 10.4 Å². The second kappa shape index (κ2) is 5.09. The van der Waals surface area contributed by atoms with Gasteiger partial charge in [0.05, 0.1) is 0 Å². The zero-order valence-corrected chi connectivity index (χ0v) is 11.4. The molecule has 0 saturated heterocycles. The lowest BCUT2D eigenvalue weighted by atomic mass is 9.75. The molecule has 3 N–H and O–H groups in total.